The van der Waals surface area contributed by atoms with E-state index in [1.807, 2.05) is 0 Å². The summed E-state index contributed by atoms with van der Waals surface area (Å²) in [4.78, 5) is 11.7. The molecule has 0 bridgehead atoms. The van der Waals surface area contributed by atoms with Crippen LogP contribution < -0.4 is 5.73 Å². The van der Waals surface area contributed by atoms with Crippen LogP contribution in [-0.4, -0.2) is 22.1 Å². The average Bonchev–Trinajstić information content (AvgIpc) is 2.44. The minimum Gasteiger partial charge on any atom is -0.330 e. The van der Waals surface area contributed by atoms with Crippen molar-refractivity contribution in [2.75, 3.05) is 6.54 Å². The maximum atomic E-state index is 11.7. The van der Waals surface area contributed by atoms with Gasteiger partial charge in [-0.15, -0.1) is 0 Å². The Balaban J connectivity index is 3.01. The van der Waals surface area contributed by atoms with Crippen molar-refractivity contribution in [2.24, 2.45) is 18.7 Å². The minimum absolute atomic E-state index is 0.0625. The van der Waals surface area contributed by atoms with Gasteiger partial charge in [0.2, 0.25) is 0 Å². The van der Waals surface area contributed by atoms with Crippen LogP contribution in [0.25, 0.3) is 0 Å². The van der Waals surface area contributed by atoms with E-state index in [1.165, 1.54) is 10.9 Å². The molecule has 0 aliphatic heterocycles. The Hall–Kier alpha value is -0.870. The van der Waals surface area contributed by atoms with Crippen molar-refractivity contribution in [1.82, 2.24) is 9.78 Å². The average molecular weight is 202 g/mol. The van der Waals surface area contributed by atoms with Crippen molar-refractivity contribution in [3.05, 3.63) is 16.9 Å². The number of nitrogens with zero attached hydrogens (tertiary/aromatic N) is 2. The van der Waals surface area contributed by atoms with Crippen LogP contribution in [0.4, 0.5) is 0 Å². The molecular formula is C8H12ClN3O. The van der Waals surface area contributed by atoms with Crippen molar-refractivity contribution in [3.63, 3.8) is 0 Å². The van der Waals surface area contributed by atoms with Gasteiger partial charge < -0.3 is 5.73 Å². The molecule has 2 N–H and O–H groups in total. The number of aromatic nitrogens is 2. The summed E-state index contributed by atoms with van der Waals surface area (Å²) in [6.07, 6.45) is 1.46. The first-order valence-electron chi connectivity index (χ1n) is 3.99. The second kappa shape index (κ2) is 3.89. The highest BCUT2D eigenvalue weighted by molar-refractivity contribution is 6.33. The molecule has 1 heterocycles. The van der Waals surface area contributed by atoms with Crippen molar-refractivity contribution in [3.8, 4) is 0 Å². The third-order valence-electron chi connectivity index (χ3n) is 1.93. The van der Waals surface area contributed by atoms with E-state index >= 15 is 0 Å². The molecule has 0 saturated carbocycles. The van der Waals surface area contributed by atoms with Crippen LogP contribution in [0.2, 0.25) is 5.02 Å². The zero-order valence-electron chi connectivity index (χ0n) is 7.62. The number of hydrogen-bond donors (Lipinski definition) is 1. The molecule has 0 aromatic carbocycles. The van der Waals surface area contributed by atoms with Gasteiger partial charge in [0, 0.05) is 19.5 Å². The lowest BCUT2D eigenvalue weighted by Gasteiger charge is -2.07. The molecule has 1 aromatic heterocycles. The Morgan fingerprint density at radius 2 is 2.46 bits per heavy atom. The number of hydrogen-bond acceptors (Lipinski definition) is 3. The van der Waals surface area contributed by atoms with E-state index in [0.717, 1.165) is 0 Å². The van der Waals surface area contributed by atoms with Crippen LogP contribution in [-0.2, 0) is 7.05 Å². The summed E-state index contributed by atoms with van der Waals surface area (Å²) >= 11 is 5.80. The second-order valence-corrected chi connectivity index (χ2v) is 3.37. The first-order valence-corrected chi connectivity index (χ1v) is 4.37. The van der Waals surface area contributed by atoms with E-state index < -0.39 is 0 Å². The number of aryl methyl sites for hydroxylation is 1. The van der Waals surface area contributed by atoms with Crippen LogP contribution in [0.1, 0.15) is 17.4 Å². The molecule has 0 aliphatic rings. The fourth-order valence-electron chi connectivity index (χ4n) is 1.03. The van der Waals surface area contributed by atoms with Gasteiger partial charge in [0.05, 0.1) is 11.2 Å². The molecule has 0 spiro atoms. The molecule has 1 atom stereocenters. The largest absolute Gasteiger partial charge is 0.330 e. The fraction of sp³-hybridized carbons (Fsp3) is 0.500. The van der Waals surface area contributed by atoms with Crippen LogP contribution in [0.5, 0.6) is 0 Å². The van der Waals surface area contributed by atoms with Gasteiger partial charge in [-0.2, -0.15) is 5.10 Å². The first kappa shape index (κ1) is 10.2. The number of Topliss-reactive ketones (excluding diaryl/α,β-unsaturated/α-hetero) is 1. The standard InChI is InChI=1S/C8H12ClN3O/c1-5(3-10)8(13)7-6(9)4-11-12(7)2/h4-5H,3,10H2,1-2H3. The molecular weight excluding hydrogens is 190 g/mol. The topological polar surface area (TPSA) is 60.9 Å². The van der Waals surface area contributed by atoms with Crippen LogP contribution in [0.15, 0.2) is 6.20 Å². The lowest BCUT2D eigenvalue weighted by Crippen LogP contribution is -2.23. The highest BCUT2D eigenvalue weighted by atomic mass is 35.5. The highest BCUT2D eigenvalue weighted by Crippen LogP contribution is 2.17. The maximum Gasteiger partial charge on any atom is 0.186 e. The lowest BCUT2D eigenvalue weighted by molar-refractivity contribution is 0.0925. The van der Waals surface area contributed by atoms with E-state index in [2.05, 4.69) is 5.10 Å². The summed E-state index contributed by atoms with van der Waals surface area (Å²) in [7, 11) is 1.68. The second-order valence-electron chi connectivity index (χ2n) is 2.97. The SMILES string of the molecule is CC(CN)C(=O)c1c(Cl)cnn1C. The number of carbonyl (C=O) groups excluding carboxylic acids is 1. The number of nitrogens with two attached hydrogens (primary N) is 1. The van der Waals surface area contributed by atoms with Gasteiger partial charge in [0.25, 0.3) is 0 Å². The van der Waals surface area contributed by atoms with Gasteiger partial charge in [-0.25, -0.2) is 0 Å². The lowest BCUT2D eigenvalue weighted by atomic mass is 10.0. The molecule has 5 heteroatoms. The van der Waals surface area contributed by atoms with Crippen LogP contribution >= 0.6 is 11.6 Å². The summed E-state index contributed by atoms with van der Waals surface area (Å²) < 4.78 is 1.47. The zero-order chi connectivity index (χ0) is 10.0. The molecule has 4 nitrogen and oxygen atoms in total. The molecule has 13 heavy (non-hydrogen) atoms. The Labute approximate surface area is 81.7 Å². The molecule has 0 amide bonds. The van der Waals surface area contributed by atoms with Gasteiger partial charge in [-0.05, 0) is 0 Å². The van der Waals surface area contributed by atoms with Crippen molar-refractivity contribution >= 4 is 17.4 Å². The summed E-state index contributed by atoms with van der Waals surface area (Å²) in [5.41, 5.74) is 5.82. The maximum absolute atomic E-state index is 11.7. The molecule has 0 saturated heterocycles. The molecule has 0 radical (unpaired) electrons. The van der Waals surface area contributed by atoms with Crippen molar-refractivity contribution in [2.45, 2.75) is 6.92 Å². The molecule has 1 unspecified atom stereocenters. The highest BCUT2D eigenvalue weighted by Gasteiger charge is 2.20. The summed E-state index contributed by atoms with van der Waals surface area (Å²) in [5.74, 6) is -0.277. The predicted molar refractivity (Wildman–Crippen MR) is 50.8 cm³/mol. The molecule has 72 valence electrons. The van der Waals surface area contributed by atoms with E-state index in [4.69, 9.17) is 17.3 Å². The molecule has 1 aromatic rings. The van der Waals surface area contributed by atoms with E-state index in [0.29, 0.717) is 17.3 Å². The smallest absolute Gasteiger partial charge is 0.186 e. The first-order chi connectivity index (χ1) is 6.07. The van der Waals surface area contributed by atoms with Crippen molar-refractivity contribution < 1.29 is 4.79 Å². The third kappa shape index (κ3) is 1.89. The minimum atomic E-state index is -0.215. The van der Waals surface area contributed by atoms with Gasteiger partial charge in [-0.3, -0.25) is 9.48 Å². The van der Waals surface area contributed by atoms with E-state index in [1.54, 1.807) is 14.0 Å². The quantitative estimate of drug-likeness (QED) is 0.738. The zero-order valence-corrected chi connectivity index (χ0v) is 8.38. The Morgan fingerprint density at radius 3 is 2.85 bits per heavy atom. The molecule has 1 rings (SSSR count). The fourth-order valence-corrected chi connectivity index (χ4v) is 1.29. The van der Waals surface area contributed by atoms with Crippen molar-refractivity contribution in [1.29, 1.82) is 0 Å². The van der Waals surface area contributed by atoms with E-state index in [9.17, 15) is 4.79 Å². The number of rotatable bonds is 3. The number of halogens is 1. The monoisotopic (exact) mass is 201 g/mol. The summed E-state index contributed by atoms with van der Waals surface area (Å²) in [6.45, 7) is 2.09. The van der Waals surface area contributed by atoms with Crippen LogP contribution in [0, 0.1) is 5.92 Å². The normalized spacial score (nSPS) is 12.9. The Kier molecular flexibility index (Phi) is 3.06. The van der Waals surface area contributed by atoms with Gasteiger partial charge >= 0.3 is 0 Å². The van der Waals surface area contributed by atoms with Gasteiger partial charge in [0.15, 0.2) is 5.78 Å². The number of carbonyl (C=O) groups is 1. The summed E-state index contributed by atoms with van der Waals surface area (Å²) in [6, 6.07) is 0. The van der Waals surface area contributed by atoms with Gasteiger partial charge in [-0.1, -0.05) is 18.5 Å². The van der Waals surface area contributed by atoms with E-state index in [-0.39, 0.29) is 11.7 Å². The summed E-state index contributed by atoms with van der Waals surface area (Å²) in [5, 5.41) is 4.26. The predicted octanol–water partition coefficient (Wildman–Crippen LogP) is 0.851. The molecule has 0 aliphatic carbocycles. The Morgan fingerprint density at radius 1 is 1.85 bits per heavy atom. The van der Waals surface area contributed by atoms with Gasteiger partial charge in [0.1, 0.15) is 5.69 Å². The third-order valence-corrected chi connectivity index (χ3v) is 2.21. The van der Waals surface area contributed by atoms with Crippen LogP contribution in [0.3, 0.4) is 0 Å². The molecule has 0 fully saturated rings. The number of ketones is 1. The Bertz CT molecular complexity index is 302.